The first-order valence-corrected chi connectivity index (χ1v) is 11.8. The van der Waals surface area contributed by atoms with Crippen molar-refractivity contribution in [2.45, 2.75) is 19.3 Å². The number of rotatable bonds is 1. The third-order valence-electron chi connectivity index (χ3n) is 6.29. The molecule has 1 aliphatic rings. The van der Waals surface area contributed by atoms with Crippen LogP contribution in [0, 0.1) is 0 Å². The summed E-state index contributed by atoms with van der Waals surface area (Å²) in [6.45, 7) is 0. The van der Waals surface area contributed by atoms with Gasteiger partial charge in [0, 0.05) is 39.6 Å². The maximum atomic E-state index is 4.99. The molecule has 0 spiro atoms. The maximum Gasteiger partial charge on any atom is 0.0706 e. The molecule has 0 atom stereocenters. The summed E-state index contributed by atoms with van der Waals surface area (Å²) in [6.07, 6.45) is 2.89. The van der Waals surface area contributed by atoms with Gasteiger partial charge in [-0.15, -0.1) is 0 Å². The fraction of sp³-hybridized carbons (Fsp3) is 0.0968. The molecular weight excluding hydrogens is 414 g/mol. The van der Waals surface area contributed by atoms with Gasteiger partial charge >= 0.3 is 0 Å². The van der Waals surface area contributed by atoms with E-state index in [1.54, 1.807) is 0 Å². The van der Waals surface area contributed by atoms with Gasteiger partial charge in [-0.25, -0.2) is 0 Å². The summed E-state index contributed by atoms with van der Waals surface area (Å²) in [5.74, 6) is 0. The van der Waals surface area contributed by atoms with Gasteiger partial charge in [0.1, 0.15) is 0 Å². The van der Waals surface area contributed by atoms with E-state index in [4.69, 9.17) is 9.97 Å². The molecule has 0 saturated heterocycles. The topological polar surface area (TPSA) is 29.0 Å². The van der Waals surface area contributed by atoms with Crippen molar-refractivity contribution in [3.05, 3.63) is 127 Å². The zero-order chi connectivity index (χ0) is 22.7. The molecule has 0 saturated carbocycles. The van der Waals surface area contributed by atoms with Gasteiger partial charge in [0.2, 0.25) is 0 Å². The van der Waals surface area contributed by atoms with E-state index < -0.39 is 0 Å². The van der Waals surface area contributed by atoms with Gasteiger partial charge in [-0.05, 0) is 79.9 Å². The van der Waals surface area contributed by atoms with E-state index in [2.05, 4.69) is 120 Å². The average molecular weight is 440 g/mol. The van der Waals surface area contributed by atoms with Crippen LogP contribution in [0.1, 0.15) is 17.8 Å². The Bertz CT molecular complexity index is 1350. The second kappa shape index (κ2) is 8.95. The monoisotopic (exact) mass is 439 g/mol. The Morgan fingerprint density at radius 3 is 1.53 bits per heavy atom. The summed E-state index contributed by atoms with van der Waals surface area (Å²) in [5, 5.41) is 0. The normalized spacial score (nSPS) is 12.9. The molecule has 3 heteroatoms. The summed E-state index contributed by atoms with van der Waals surface area (Å²) in [4.78, 5) is 12.3. The minimum atomic E-state index is 0.936. The molecule has 3 nitrogen and oxygen atoms in total. The number of anilines is 3. The molecule has 0 fully saturated rings. The number of hydrogen-bond donors (Lipinski definition) is 0. The molecule has 3 heterocycles. The quantitative estimate of drug-likeness (QED) is 0.267. The molecular formula is C31H25N3. The van der Waals surface area contributed by atoms with E-state index in [-0.39, 0.29) is 0 Å². The Kier molecular flexibility index (Phi) is 5.36. The highest BCUT2D eigenvalue weighted by Gasteiger charge is 2.15. The van der Waals surface area contributed by atoms with Gasteiger partial charge in [0.15, 0.2) is 0 Å². The molecule has 6 rings (SSSR count). The minimum Gasteiger partial charge on any atom is -0.310 e. The van der Waals surface area contributed by atoms with E-state index in [1.807, 2.05) is 0 Å². The second-order valence-electron chi connectivity index (χ2n) is 8.65. The summed E-state index contributed by atoms with van der Waals surface area (Å²) in [5.41, 5.74) is 9.81. The highest BCUT2D eigenvalue weighted by Crippen LogP contribution is 2.37. The average Bonchev–Trinajstić information content (AvgIpc) is 2.90. The van der Waals surface area contributed by atoms with Crippen molar-refractivity contribution < 1.29 is 0 Å². The lowest BCUT2D eigenvalue weighted by Crippen LogP contribution is -2.10. The molecule has 164 valence electrons. The van der Waals surface area contributed by atoms with Crippen molar-refractivity contribution in [3.63, 3.8) is 0 Å². The van der Waals surface area contributed by atoms with Crippen LogP contribution in [-0.4, -0.2) is 9.97 Å². The standard InChI is InChI=1S/C31H25N3/c1-2-15-27(16-3-1)34-28-17-4-9-23(21-28)30-19-7-13-25(32-30)11-6-12-26-14-8-20-31(33-26)24-10-5-18-29(34)22-24/h1-5,7-10,13-22H,6,11-12H2. The lowest BCUT2D eigenvalue weighted by Gasteiger charge is -2.26. The van der Waals surface area contributed by atoms with Crippen molar-refractivity contribution in [2.24, 2.45) is 0 Å². The lowest BCUT2D eigenvalue weighted by atomic mass is 10.0. The van der Waals surface area contributed by atoms with Crippen LogP contribution in [0.3, 0.4) is 0 Å². The number of aromatic nitrogens is 2. The summed E-state index contributed by atoms with van der Waals surface area (Å²) in [7, 11) is 0. The largest absolute Gasteiger partial charge is 0.310 e. The third kappa shape index (κ3) is 4.08. The van der Waals surface area contributed by atoms with Crippen molar-refractivity contribution in [1.82, 2.24) is 9.97 Å². The maximum absolute atomic E-state index is 4.99. The van der Waals surface area contributed by atoms with Crippen molar-refractivity contribution in [3.8, 4) is 22.5 Å². The Morgan fingerprint density at radius 1 is 0.471 bits per heavy atom. The molecule has 0 aliphatic carbocycles. The SMILES string of the molecule is c1ccc(N2c3cccc(c3)-c3cccc(n3)CCCc3cccc(n3)-c3cccc2c3)cc1. The van der Waals surface area contributed by atoms with Gasteiger partial charge in [-0.1, -0.05) is 54.6 Å². The smallest absolute Gasteiger partial charge is 0.0706 e. The van der Waals surface area contributed by atoms with Crippen LogP contribution in [0.5, 0.6) is 0 Å². The highest BCUT2D eigenvalue weighted by molar-refractivity contribution is 5.81. The van der Waals surface area contributed by atoms with E-state index in [9.17, 15) is 0 Å². The van der Waals surface area contributed by atoms with E-state index in [0.29, 0.717) is 0 Å². The molecule has 0 radical (unpaired) electrons. The van der Waals surface area contributed by atoms with Gasteiger partial charge in [0.25, 0.3) is 0 Å². The van der Waals surface area contributed by atoms with Crippen LogP contribution < -0.4 is 4.90 Å². The van der Waals surface area contributed by atoms with E-state index in [1.165, 1.54) is 0 Å². The Balaban J connectivity index is 1.58. The molecule has 8 bridgehead atoms. The number of hydrogen-bond acceptors (Lipinski definition) is 3. The van der Waals surface area contributed by atoms with E-state index in [0.717, 1.165) is 70.2 Å². The molecule has 0 amide bonds. The predicted molar refractivity (Wildman–Crippen MR) is 140 cm³/mol. The summed E-state index contributed by atoms with van der Waals surface area (Å²) in [6, 6.07) is 40.5. The molecule has 1 aliphatic heterocycles. The van der Waals surface area contributed by atoms with Crippen LogP contribution >= 0.6 is 0 Å². The van der Waals surface area contributed by atoms with Crippen molar-refractivity contribution >= 4 is 17.1 Å². The fourth-order valence-corrected chi connectivity index (χ4v) is 4.64. The molecule has 0 N–H and O–H groups in total. The van der Waals surface area contributed by atoms with Crippen LogP contribution in [0.25, 0.3) is 22.5 Å². The first kappa shape index (κ1) is 20.4. The number of aryl methyl sites for hydroxylation is 2. The van der Waals surface area contributed by atoms with Crippen LogP contribution in [-0.2, 0) is 12.8 Å². The van der Waals surface area contributed by atoms with Gasteiger partial charge in [-0.2, -0.15) is 0 Å². The zero-order valence-corrected chi connectivity index (χ0v) is 18.9. The van der Waals surface area contributed by atoms with Crippen LogP contribution in [0.4, 0.5) is 17.1 Å². The van der Waals surface area contributed by atoms with E-state index >= 15 is 0 Å². The molecule has 2 aromatic heterocycles. The van der Waals surface area contributed by atoms with Gasteiger partial charge in [-0.3, -0.25) is 9.97 Å². The van der Waals surface area contributed by atoms with Crippen LogP contribution in [0.2, 0.25) is 0 Å². The number of benzene rings is 3. The predicted octanol–water partition coefficient (Wildman–Crippen LogP) is 7.77. The number of nitrogens with zero attached hydrogens (tertiary/aromatic N) is 3. The Morgan fingerprint density at radius 2 is 0.971 bits per heavy atom. The number of para-hydroxylation sites is 1. The molecule has 5 aromatic rings. The first-order chi connectivity index (χ1) is 16.8. The van der Waals surface area contributed by atoms with Gasteiger partial charge < -0.3 is 4.90 Å². The van der Waals surface area contributed by atoms with Crippen LogP contribution in [0.15, 0.2) is 115 Å². The Labute approximate surface area is 200 Å². The third-order valence-corrected chi connectivity index (χ3v) is 6.29. The molecule has 0 unspecified atom stereocenters. The number of pyridine rings is 2. The lowest BCUT2D eigenvalue weighted by molar-refractivity contribution is 0.783. The number of fused-ring (bicyclic) bond motifs is 10. The second-order valence-corrected chi connectivity index (χ2v) is 8.65. The molecule has 3 aromatic carbocycles. The van der Waals surface area contributed by atoms with Crippen molar-refractivity contribution in [1.29, 1.82) is 0 Å². The zero-order valence-electron chi connectivity index (χ0n) is 18.9. The van der Waals surface area contributed by atoms with Gasteiger partial charge in [0.05, 0.1) is 11.4 Å². The fourth-order valence-electron chi connectivity index (χ4n) is 4.64. The summed E-state index contributed by atoms with van der Waals surface area (Å²) < 4.78 is 0. The Hall–Kier alpha value is -4.24. The van der Waals surface area contributed by atoms with Crippen molar-refractivity contribution in [2.75, 3.05) is 4.90 Å². The first-order valence-electron chi connectivity index (χ1n) is 11.8. The molecule has 34 heavy (non-hydrogen) atoms. The summed E-state index contributed by atoms with van der Waals surface area (Å²) >= 11 is 0. The highest BCUT2D eigenvalue weighted by atomic mass is 15.1. The minimum absolute atomic E-state index is 0.936.